The molecule has 2 aromatic rings. The van der Waals surface area contributed by atoms with Crippen molar-refractivity contribution in [3.05, 3.63) is 44.6 Å². The number of carboxylic acid groups (broad SMARTS) is 1. The zero-order chi connectivity index (χ0) is 15.4. The molecule has 1 heterocycles. The Morgan fingerprint density at radius 2 is 2.14 bits per heavy atom. The minimum Gasteiger partial charge on any atom is -0.477 e. The second kappa shape index (κ2) is 7.11. The van der Waals surface area contributed by atoms with E-state index in [1.807, 2.05) is 25.1 Å². The second-order valence-corrected chi connectivity index (χ2v) is 7.12. The van der Waals surface area contributed by atoms with Gasteiger partial charge in [0.05, 0.1) is 5.75 Å². The van der Waals surface area contributed by atoms with Gasteiger partial charge in [0.15, 0.2) is 0 Å². The molecular formula is C14H12BrNO3S2. The first kappa shape index (κ1) is 16.1. The van der Waals surface area contributed by atoms with Crippen molar-refractivity contribution >= 4 is 56.6 Å². The molecular weight excluding hydrogens is 374 g/mol. The van der Waals surface area contributed by atoms with Crippen LogP contribution in [0.4, 0.5) is 5.69 Å². The zero-order valence-corrected chi connectivity index (χ0v) is 14.3. The molecule has 4 nitrogen and oxygen atoms in total. The van der Waals surface area contributed by atoms with Gasteiger partial charge in [0.1, 0.15) is 4.88 Å². The van der Waals surface area contributed by atoms with Gasteiger partial charge < -0.3 is 10.4 Å². The number of carbonyl (C=O) groups excluding carboxylic acids is 1. The lowest BCUT2D eigenvalue weighted by atomic mass is 10.2. The number of aryl methyl sites for hydroxylation is 1. The summed E-state index contributed by atoms with van der Waals surface area (Å²) in [7, 11) is 0. The third-order valence-electron chi connectivity index (χ3n) is 2.62. The molecule has 21 heavy (non-hydrogen) atoms. The number of amides is 1. The molecule has 110 valence electrons. The molecule has 0 fully saturated rings. The van der Waals surface area contributed by atoms with E-state index in [1.165, 1.54) is 11.8 Å². The van der Waals surface area contributed by atoms with E-state index in [9.17, 15) is 9.59 Å². The fraction of sp³-hybridized carbons (Fsp3) is 0.143. The first-order chi connectivity index (χ1) is 9.95. The Morgan fingerprint density at radius 3 is 2.76 bits per heavy atom. The third kappa shape index (κ3) is 4.59. The van der Waals surface area contributed by atoms with Crippen molar-refractivity contribution in [1.29, 1.82) is 0 Å². The number of thioether (sulfide) groups is 1. The zero-order valence-electron chi connectivity index (χ0n) is 11.1. The van der Waals surface area contributed by atoms with Crippen molar-refractivity contribution in [2.45, 2.75) is 11.8 Å². The number of benzene rings is 1. The molecule has 0 aliphatic heterocycles. The van der Waals surface area contributed by atoms with E-state index in [2.05, 4.69) is 21.2 Å². The number of anilines is 1. The van der Waals surface area contributed by atoms with Gasteiger partial charge in [0, 0.05) is 20.4 Å². The molecule has 1 amide bonds. The molecule has 2 rings (SSSR count). The maximum Gasteiger partial charge on any atom is 0.345 e. The van der Waals surface area contributed by atoms with Crippen LogP contribution >= 0.6 is 39.0 Å². The van der Waals surface area contributed by atoms with Crippen molar-refractivity contribution in [2.24, 2.45) is 0 Å². The van der Waals surface area contributed by atoms with Crippen LogP contribution in [0.25, 0.3) is 0 Å². The van der Waals surface area contributed by atoms with Gasteiger partial charge >= 0.3 is 5.97 Å². The summed E-state index contributed by atoms with van der Waals surface area (Å²) in [6.07, 6.45) is 0. The fourth-order valence-electron chi connectivity index (χ4n) is 1.61. The predicted molar refractivity (Wildman–Crippen MR) is 89.5 cm³/mol. The predicted octanol–water partition coefficient (Wildman–Crippen LogP) is 4.25. The Labute approximate surface area is 138 Å². The highest BCUT2D eigenvalue weighted by Crippen LogP contribution is 2.25. The van der Waals surface area contributed by atoms with Gasteiger partial charge in [0.25, 0.3) is 0 Å². The Hall–Kier alpha value is -1.31. The largest absolute Gasteiger partial charge is 0.477 e. The smallest absolute Gasteiger partial charge is 0.345 e. The summed E-state index contributed by atoms with van der Waals surface area (Å²) in [6, 6.07) is 7.22. The summed E-state index contributed by atoms with van der Waals surface area (Å²) in [5.74, 6) is -0.819. The highest BCUT2D eigenvalue weighted by atomic mass is 79.9. The first-order valence-corrected chi connectivity index (χ1v) is 8.62. The van der Waals surface area contributed by atoms with Crippen LogP contribution in [-0.4, -0.2) is 22.7 Å². The van der Waals surface area contributed by atoms with Gasteiger partial charge in [-0.2, -0.15) is 0 Å². The van der Waals surface area contributed by atoms with Crippen LogP contribution < -0.4 is 5.32 Å². The number of carbonyl (C=O) groups is 2. The Morgan fingerprint density at radius 1 is 1.38 bits per heavy atom. The molecule has 0 spiro atoms. The van der Waals surface area contributed by atoms with Crippen molar-refractivity contribution in [1.82, 2.24) is 0 Å². The summed E-state index contributed by atoms with van der Waals surface area (Å²) < 4.78 is 0.965. The van der Waals surface area contributed by atoms with E-state index in [0.29, 0.717) is 0 Å². The summed E-state index contributed by atoms with van der Waals surface area (Å²) >= 11 is 5.86. The van der Waals surface area contributed by atoms with Crippen LogP contribution in [0.15, 0.2) is 39.0 Å². The molecule has 0 saturated carbocycles. The van der Waals surface area contributed by atoms with Crippen LogP contribution in [0.2, 0.25) is 0 Å². The van der Waals surface area contributed by atoms with Gasteiger partial charge in [-0.1, -0.05) is 15.9 Å². The fourth-order valence-corrected chi connectivity index (χ4v) is 3.75. The second-order valence-electron chi connectivity index (χ2n) is 4.25. The van der Waals surface area contributed by atoms with Gasteiger partial charge in [0.2, 0.25) is 5.91 Å². The number of aromatic carboxylic acids is 1. The summed E-state index contributed by atoms with van der Waals surface area (Å²) in [5, 5.41) is 13.4. The minimum atomic E-state index is -0.943. The van der Waals surface area contributed by atoms with Crippen molar-refractivity contribution in [3.63, 3.8) is 0 Å². The van der Waals surface area contributed by atoms with E-state index in [4.69, 9.17) is 5.11 Å². The lowest BCUT2D eigenvalue weighted by Crippen LogP contribution is -2.14. The van der Waals surface area contributed by atoms with Crippen LogP contribution in [-0.2, 0) is 4.79 Å². The van der Waals surface area contributed by atoms with E-state index in [-0.39, 0.29) is 16.5 Å². The van der Waals surface area contributed by atoms with Crippen LogP contribution in [0.1, 0.15) is 15.2 Å². The van der Waals surface area contributed by atoms with Crippen LogP contribution in [0.5, 0.6) is 0 Å². The first-order valence-electron chi connectivity index (χ1n) is 5.96. The number of hydrogen-bond acceptors (Lipinski definition) is 4. The number of thiophene rings is 1. The van der Waals surface area contributed by atoms with Crippen molar-refractivity contribution < 1.29 is 14.7 Å². The number of nitrogens with one attached hydrogen (secondary N) is 1. The van der Waals surface area contributed by atoms with Crippen LogP contribution in [0, 0.1) is 6.92 Å². The molecule has 0 unspecified atom stereocenters. The highest BCUT2D eigenvalue weighted by Gasteiger charge is 2.10. The maximum atomic E-state index is 11.9. The van der Waals surface area contributed by atoms with Gasteiger partial charge in [-0.15, -0.1) is 23.1 Å². The number of carboxylic acids is 1. The standard InChI is InChI=1S/C14H12BrNO3S2/c1-8-4-9(15)2-3-11(8)16-13(17)7-20-10-5-12(14(18)19)21-6-10/h2-6H,7H2,1H3,(H,16,17)(H,18,19). The molecule has 2 N–H and O–H groups in total. The minimum absolute atomic E-state index is 0.117. The summed E-state index contributed by atoms with van der Waals surface area (Å²) in [5.41, 5.74) is 1.76. The molecule has 0 aliphatic carbocycles. The number of halogens is 1. The SMILES string of the molecule is Cc1cc(Br)ccc1NC(=O)CSc1csc(C(=O)O)c1. The Kier molecular flexibility index (Phi) is 5.44. The molecule has 0 radical (unpaired) electrons. The van der Waals surface area contributed by atoms with Crippen LogP contribution in [0.3, 0.4) is 0 Å². The van der Waals surface area contributed by atoms with E-state index in [1.54, 1.807) is 11.4 Å². The van der Waals surface area contributed by atoms with E-state index < -0.39 is 5.97 Å². The Bertz CT molecular complexity index is 685. The van der Waals surface area contributed by atoms with Gasteiger partial charge in [-0.3, -0.25) is 4.79 Å². The monoisotopic (exact) mass is 385 g/mol. The molecule has 0 aliphatic rings. The highest BCUT2D eigenvalue weighted by molar-refractivity contribution is 9.10. The number of rotatable bonds is 5. The molecule has 0 atom stereocenters. The average Bonchev–Trinajstić information content (AvgIpc) is 2.89. The molecule has 1 aromatic carbocycles. The lowest BCUT2D eigenvalue weighted by Gasteiger charge is -2.08. The lowest BCUT2D eigenvalue weighted by molar-refractivity contribution is -0.113. The normalized spacial score (nSPS) is 10.4. The maximum absolute atomic E-state index is 11.9. The van der Waals surface area contributed by atoms with Crippen molar-refractivity contribution in [2.75, 3.05) is 11.1 Å². The topological polar surface area (TPSA) is 66.4 Å². The molecule has 0 bridgehead atoms. The number of hydrogen-bond donors (Lipinski definition) is 2. The average molecular weight is 386 g/mol. The summed E-state index contributed by atoms with van der Waals surface area (Å²) in [6.45, 7) is 1.92. The van der Waals surface area contributed by atoms with E-state index >= 15 is 0 Å². The summed E-state index contributed by atoms with van der Waals surface area (Å²) in [4.78, 5) is 23.8. The molecule has 1 aromatic heterocycles. The Balaban J connectivity index is 1.91. The quantitative estimate of drug-likeness (QED) is 0.754. The van der Waals surface area contributed by atoms with Gasteiger partial charge in [-0.05, 0) is 36.8 Å². The third-order valence-corrected chi connectivity index (χ3v) is 5.15. The molecule has 7 heteroatoms. The molecule has 0 saturated heterocycles. The van der Waals surface area contributed by atoms with Gasteiger partial charge in [-0.25, -0.2) is 4.79 Å². The van der Waals surface area contributed by atoms with Crippen molar-refractivity contribution in [3.8, 4) is 0 Å². The van der Waals surface area contributed by atoms with E-state index in [0.717, 1.165) is 32.0 Å².